The van der Waals surface area contributed by atoms with Gasteiger partial charge in [0.25, 0.3) is 5.91 Å². The van der Waals surface area contributed by atoms with E-state index >= 15 is 0 Å². The van der Waals surface area contributed by atoms with Crippen LogP contribution in [0.1, 0.15) is 61.1 Å². The Kier molecular flexibility index (Phi) is 6.71. The van der Waals surface area contributed by atoms with Gasteiger partial charge in [-0.25, -0.2) is 0 Å². The van der Waals surface area contributed by atoms with Crippen molar-refractivity contribution >= 4 is 34.8 Å². The molecule has 2 aliphatic carbocycles. The molecule has 0 radical (unpaired) electrons. The smallest absolute Gasteiger partial charge is 0.262 e. The number of carbonyl (C=O) groups is 3. The minimum atomic E-state index is -0.482. The molecule has 7 heteroatoms. The number of ketones is 2. The second-order valence-electron chi connectivity index (χ2n) is 9.59. The van der Waals surface area contributed by atoms with Crippen LogP contribution < -0.4 is 10.1 Å². The summed E-state index contributed by atoms with van der Waals surface area (Å²) in [7, 11) is 0. The van der Waals surface area contributed by atoms with Crippen LogP contribution in [0.4, 0.5) is 5.69 Å². The van der Waals surface area contributed by atoms with E-state index < -0.39 is 5.92 Å². The minimum absolute atomic E-state index is 0.0191. The molecule has 0 atom stereocenters. The Bertz CT molecular complexity index is 1300. The molecular weight excluding hydrogens is 478 g/mol. The van der Waals surface area contributed by atoms with E-state index in [1.807, 2.05) is 38.1 Å². The molecule has 0 bridgehead atoms. The van der Waals surface area contributed by atoms with Gasteiger partial charge >= 0.3 is 0 Å². The fourth-order valence-electron chi connectivity index (χ4n) is 5.12. The van der Waals surface area contributed by atoms with Gasteiger partial charge in [-0.1, -0.05) is 23.7 Å². The largest absolute Gasteiger partial charge is 0.482 e. The predicted molar refractivity (Wildman–Crippen MR) is 137 cm³/mol. The van der Waals surface area contributed by atoms with E-state index in [1.165, 1.54) is 0 Å². The normalized spacial score (nSPS) is 18.0. The first kappa shape index (κ1) is 24.3. The van der Waals surface area contributed by atoms with Gasteiger partial charge in [-0.15, -0.1) is 0 Å². The van der Waals surface area contributed by atoms with Crippen LogP contribution in [0.2, 0.25) is 5.02 Å². The molecule has 2 aromatic carbocycles. The van der Waals surface area contributed by atoms with Gasteiger partial charge in [-0.3, -0.25) is 14.4 Å². The molecule has 0 saturated heterocycles. The Hall–Kier alpha value is -3.38. The molecular formula is C29H28ClNO5. The van der Waals surface area contributed by atoms with Crippen molar-refractivity contribution in [2.45, 2.75) is 58.3 Å². The second kappa shape index (κ2) is 9.94. The van der Waals surface area contributed by atoms with Crippen LogP contribution >= 0.6 is 11.6 Å². The molecule has 0 unspecified atom stereocenters. The number of rotatable bonds is 5. The number of allylic oxidation sites excluding steroid dienone is 4. The molecule has 186 valence electrons. The lowest BCUT2D eigenvalue weighted by molar-refractivity contribution is -0.119. The zero-order valence-corrected chi connectivity index (χ0v) is 21.2. The molecule has 0 spiro atoms. The van der Waals surface area contributed by atoms with E-state index in [9.17, 15) is 14.4 Å². The molecule has 0 aromatic heterocycles. The van der Waals surface area contributed by atoms with Crippen LogP contribution in [0, 0.1) is 13.8 Å². The molecule has 0 fully saturated rings. The lowest BCUT2D eigenvalue weighted by atomic mass is 9.73. The fourth-order valence-corrected chi connectivity index (χ4v) is 5.37. The van der Waals surface area contributed by atoms with Gasteiger partial charge in [-0.05, 0) is 67.6 Å². The summed E-state index contributed by atoms with van der Waals surface area (Å²) < 4.78 is 11.8. The first-order valence-corrected chi connectivity index (χ1v) is 12.7. The monoisotopic (exact) mass is 505 g/mol. The number of carbonyl (C=O) groups excluding carboxylic acids is 3. The first-order valence-electron chi connectivity index (χ1n) is 12.3. The van der Waals surface area contributed by atoms with Crippen LogP contribution in [0.5, 0.6) is 5.75 Å². The van der Waals surface area contributed by atoms with Gasteiger partial charge in [0, 0.05) is 48.4 Å². The zero-order valence-electron chi connectivity index (χ0n) is 20.4. The molecule has 3 aliphatic rings. The van der Waals surface area contributed by atoms with E-state index in [1.54, 1.807) is 12.1 Å². The van der Waals surface area contributed by atoms with E-state index in [2.05, 4.69) is 5.32 Å². The van der Waals surface area contributed by atoms with Crippen molar-refractivity contribution in [2.75, 3.05) is 11.9 Å². The highest BCUT2D eigenvalue weighted by Gasteiger charge is 2.41. The quantitative estimate of drug-likeness (QED) is 0.530. The molecule has 1 amide bonds. The SMILES string of the molecule is Cc1ccc(NC(=O)COc2ccc(C3C4=C(CCCC4=O)OC4=C3C(=O)CCC4)cc2Cl)cc1C. The molecule has 1 heterocycles. The van der Waals surface area contributed by atoms with Gasteiger partial charge < -0.3 is 14.8 Å². The Morgan fingerprint density at radius 1 is 0.944 bits per heavy atom. The summed E-state index contributed by atoms with van der Waals surface area (Å²) in [4.78, 5) is 38.3. The molecule has 1 N–H and O–H groups in total. The van der Waals surface area contributed by atoms with Crippen LogP contribution in [0.15, 0.2) is 59.1 Å². The average molecular weight is 506 g/mol. The third-order valence-corrected chi connectivity index (χ3v) is 7.37. The highest BCUT2D eigenvalue weighted by atomic mass is 35.5. The van der Waals surface area contributed by atoms with Crippen molar-refractivity contribution in [1.29, 1.82) is 0 Å². The maximum Gasteiger partial charge on any atom is 0.262 e. The van der Waals surface area contributed by atoms with Gasteiger partial charge in [0.1, 0.15) is 17.3 Å². The predicted octanol–water partition coefficient (Wildman–Crippen LogP) is 6.10. The standard InChI is InChI=1S/C29H28ClNO5/c1-16-9-11-19(13-17(16)2)31-26(34)15-35-23-12-10-18(14-20(23)30)27-28-21(32)5-3-7-24(28)36-25-8-4-6-22(33)29(25)27/h9-14,27H,3-8,15H2,1-2H3,(H,31,34). The van der Waals surface area contributed by atoms with E-state index in [0.717, 1.165) is 29.5 Å². The Morgan fingerprint density at radius 3 is 2.22 bits per heavy atom. The number of amides is 1. The van der Waals surface area contributed by atoms with Gasteiger partial charge in [0.05, 0.1) is 5.02 Å². The first-order chi connectivity index (χ1) is 17.3. The Labute approximate surface area is 215 Å². The van der Waals surface area contributed by atoms with Crippen LogP contribution in [-0.4, -0.2) is 24.1 Å². The highest BCUT2D eigenvalue weighted by molar-refractivity contribution is 6.32. The average Bonchev–Trinajstić information content (AvgIpc) is 2.85. The van der Waals surface area contributed by atoms with Gasteiger partial charge in [0.15, 0.2) is 18.2 Å². The van der Waals surface area contributed by atoms with Crippen molar-refractivity contribution in [3.8, 4) is 5.75 Å². The maximum atomic E-state index is 12.9. The summed E-state index contributed by atoms with van der Waals surface area (Å²) in [6.07, 6.45) is 3.76. The molecule has 5 rings (SSSR count). The third kappa shape index (κ3) is 4.70. The summed E-state index contributed by atoms with van der Waals surface area (Å²) >= 11 is 6.56. The van der Waals surface area contributed by atoms with Gasteiger partial charge in [0.2, 0.25) is 0 Å². The second-order valence-corrected chi connectivity index (χ2v) is 10.00. The summed E-state index contributed by atoms with van der Waals surface area (Å²) in [6, 6.07) is 10.9. The van der Waals surface area contributed by atoms with E-state index in [0.29, 0.717) is 64.8 Å². The highest BCUT2D eigenvalue weighted by Crippen LogP contribution is 2.48. The number of halogens is 1. The van der Waals surface area contributed by atoms with Crippen molar-refractivity contribution in [2.24, 2.45) is 0 Å². The third-order valence-electron chi connectivity index (χ3n) is 7.08. The molecule has 2 aromatic rings. The van der Waals surface area contributed by atoms with Crippen molar-refractivity contribution < 1.29 is 23.9 Å². The van der Waals surface area contributed by atoms with E-state index in [4.69, 9.17) is 21.1 Å². The Morgan fingerprint density at radius 2 is 1.61 bits per heavy atom. The Balaban J connectivity index is 1.37. The lowest BCUT2D eigenvalue weighted by Crippen LogP contribution is -2.30. The summed E-state index contributed by atoms with van der Waals surface area (Å²) in [5.74, 6) is 0.984. The topological polar surface area (TPSA) is 81.7 Å². The fraction of sp³-hybridized carbons (Fsp3) is 0.345. The summed E-state index contributed by atoms with van der Waals surface area (Å²) in [6.45, 7) is 3.80. The zero-order chi connectivity index (χ0) is 25.4. The number of benzene rings is 2. The van der Waals surface area contributed by atoms with Crippen LogP contribution in [-0.2, 0) is 19.1 Å². The summed E-state index contributed by atoms with van der Waals surface area (Å²) in [5.41, 5.74) is 4.84. The lowest BCUT2D eigenvalue weighted by Gasteiger charge is -2.36. The van der Waals surface area contributed by atoms with Crippen molar-refractivity contribution in [3.63, 3.8) is 0 Å². The van der Waals surface area contributed by atoms with Gasteiger partial charge in [-0.2, -0.15) is 0 Å². The van der Waals surface area contributed by atoms with Crippen LogP contribution in [0.3, 0.4) is 0 Å². The number of Topliss-reactive ketones (excluding diaryl/α,β-unsaturated/α-hetero) is 2. The minimum Gasteiger partial charge on any atom is -0.482 e. The van der Waals surface area contributed by atoms with Crippen LogP contribution in [0.25, 0.3) is 0 Å². The molecule has 1 aliphatic heterocycles. The number of hydrogen-bond acceptors (Lipinski definition) is 5. The molecule has 6 nitrogen and oxygen atoms in total. The van der Waals surface area contributed by atoms with Crippen molar-refractivity contribution in [3.05, 3.63) is 80.8 Å². The maximum absolute atomic E-state index is 12.9. The molecule has 0 saturated carbocycles. The van der Waals surface area contributed by atoms with E-state index in [-0.39, 0.29) is 24.1 Å². The number of nitrogens with one attached hydrogen (secondary N) is 1. The number of hydrogen-bond donors (Lipinski definition) is 1. The van der Waals surface area contributed by atoms with Crippen molar-refractivity contribution in [1.82, 2.24) is 0 Å². The number of ether oxygens (including phenoxy) is 2. The molecule has 36 heavy (non-hydrogen) atoms. The number of aryl methyl sites for hydroxylation is 2. The number of anilines is 1. The summed E-state index contributed by atoms with van der Waals surface area (Å²) in [5, 5.41) is 3.14.